The topological polar surface area (TPSA) is 49.7 Å². The van der Waals surface area contributed by atoms with E-state index < -0.39 is 5.60 Å². The van der Waals surface area contributed by atoms with Gasteiger partial charge in [-0.3, -0.25) is 0 Å². The maximum absolute atomic E-state index is 10.6. The van der Waals surface area contributed by atoms with Gasteiger partial charge in [0.05, 0.1) is 13.2 Å². The van der Waals surface area contributed by atoms with Gasteiger partial charge in [-0.05, 0) is 35.2 Å². The van der Waals surface area contributed by atoms with Crippen LogP contribution in [0.3, 0.4) is 0 Å². The van der Waals surface area contributed by atoms with E-state index in [0.29, 0.717) is 13.0 Å². The van der Waals surface area contributed by atoms with Gasteiger partial charge in [0, 0.05) is 17.0 Å². The number of rotatable bonds is 9. The smallest absolute Gasteiger partial charge is 0.123 e. The molecule has 3 aromatic rings. The average molecular weight is 441 g/mol. The number of ether oxygens (including phenoxy) is 1. The number of aliphatic hydroxyl groups excluding tert-OH is 2. The zero-order valence-corrected chi connectivity index (χ0v) is 17.3. The molecule has 0 heterocycles. The lowest BCUT2D eigenvalue weighted by Gasteiger charge is -2.40. The summed E-state index contributed by atoms with van der Waals surface area (Å²) >= 11 is 3.45. The Hall–Kier alpha value is -1.98. The van der Waals surface area contributed by atoms with Gasteiger partial charge in [-0.25, -0.2) is 0 Å². The van der Waals surface area contributed by atoms with Crippen molar-refractivity contribution >= 4 is 15.9 Å². The number of halogens is 1. The molecule has 0 aliphatic heterocycles. The van der Waals surface area contributed by atoms with Gasteiger partial charge in [0.1, 0.15) is 5.60 Å². The Kier molecular flexibility index (Phi) is 7.40. The van der Waals surface area contributed by atoms with E-state index in [1.54, 1.807) is 0 Å². The number of hydrogen-bond acceptors (Lipinski definition) is 3. The van der Waals surface area contributed by atoms with Crippen molar-refractivity contribution in [3.8, 4) is 0 Å². The normalized spacial score (nSPS) is 14.4. The van der Waals surface area contributed by atoms with Gasteiger partial charge in [-0.15, -0.1) is 0 Å². The SMILES string of the molecule is OCC[C@@H](c1ccccc1)[C@@](CO)(OCc1ccc(Br)cc1)c1ccccc1. The van der Waals surface area contributed by atoms with Crippen LogP contribution in [0.25, 0.3) is 0 Å². The van der Waals surface area contributed by atoms with Crippen molar-refractivity contribution < 1.29 is 14.9 Å². The van der Waals surface area contributed by atoms with Gasteiger partial charge in [0.25, 0.3) is 0 Å². The molecule has 3 aromatic carbocycles. The molecule has 2 N–H and O–H groups in total. The standard InChI is InChI=1S/C24H25BrO3/c25-22-13-11-19(12-14-22)17-28-24(18-27,21-9-5-2-6-10-21)23(15-16-26)20-7-3-1-4-8-20/h1-14,23,26-27H,15-18H2/t23-,24-/m0/s1. The minimum absolute atomic E-state index is 0.00971. The maximum Gasteiger partial charge on any atom is 0.123 e. The fraction of sp³-hybridized carbons (Fsp3) is 0.250. The van der Waals surface area contributed by atoms with Crippen LogP contribution in [0.15, 0.2) is 89.4 Å². The van der Waals surface area contributed by atoms with Gasteiger partial charge in [0.15, 0.2) is 0 Å². The van der Waals surface area contributed by atoms with E-state index in [2.05, 4.69) is 15.9 Å². The average Bonchev–Trinajstić information content (AvgIpc) is 2.76. The van der Waals surface area contributed by atoms with Crippen molar-refractivity contribution in [2.45, 2.75) is 24.5 Å². The van der Waals surface area contributed by atoms with E-state index in [1.807, 2.05) is 84.9 Å². The molecule has 0 fully saturated rings. The summed E-state index contributed by atoms with van der Waals surface area (Å²) in [4.78, 5) is 0. The molecule has 0 aliphatic rings. The van der Waals surface area contributed by atoms with Gasteiger partial charge in [0.2, 0.25) is 0 Å². The first-order chi connectivity index (χ1) is 13.7. The van der Waals surface area contributed by atoms with Crippen molar-refractivity contribution in [1.29, 1.82) is 0 Å². The van der Waals surface area contributed by atoms with Crippen molar-refractivity contribution in [1.82, 2.24) is 0 Å². The van der Waals surface area contributed by atoms with Crippen molar-refractivity contribution in [2.24, 2.45) is 0 Å². The fourth-order valence-corrected chi connectivity index (χ4v) is 3.89. The molecule has 0 aromatic heterocycles. The molecule has 0 saturated carbocycles. The van der Waals surface area contributed by atoms with Gasteiger partial charge < -0.3 is 14.9 Å². The second-order valence-electron chi connectivity index (χ2n) is 6.80. The molecule has 4 heteroatoms. The summed E-state index contributed by atoms with van der Waals surface area (Å²) in [5.74, 6) is -0.193. The lowest BCUT2D eigenvalue weighted by Crippen LogP contribution is -2.41. The predicted octanol–water partition coefficient (Wildman–Crippen LogP) is 5.02. The van der Waals surface area contributed by atoms with E-state index in [1.165, 1.54) is 0 Å². The second-order valence-corrected chi connectivity index (χ2v) is 7.72. The lowest BCUT2D eigenvalue weighted by molar-refractivity contribution is -0.116. The minimum Gasteiger partial charge on any atom is -0.396 e. The molecular weight excluding hydrogens is 416 g/mol. The summed E-state index contributed by atoms with van der Waals surface area (Å²) in [5, 5.41) is 20.4. The Bertz CT molecular complexity index is 837. The molecule has 146 valence electrons. The highest BCUT2D eigenvalue weighted by Crippen LogP contribution is 2.43. The Labute approximate surface area is 174 Å². The molecule has 3 nitrogen and oxygen atoms in total. The molecule has 0 amide bonds. The molecule has 0 radical (unpaired) electrons. The van der Waals surface area contributed by atoms with E-state index >= 15 is 0 Å². The second kappa shape index (κ2) is 9.99. The molecule has 0 bridgehead atoms. The maximum atomic E-state index is 10.6. The fourth-order valence-electron chi connectivity index (χ4n) is 3.63. The van der Waals surface area contributed by atoms with E-state index in [4.69, 9.17) is 4.74 Å². The van der Waals surface area contributed by atoms with Gasteiger partial charge >= 0.3 is 0 Å². The third-order valence-corrected chi connectivity index (χ3v) is 5.62. The van der Waals surface area contributed by atoms with E-state index in [9.17, 15) is 10.2 Å². The van der Waals surface area contributed by atoms with E-state index in [-0.39, 0.29) is 19.1 Å². The molecule has 0 unspecified atom stereocenters. The largest absolute Gasteiger partial charge is 0.396 e. The molecule has 0 saturated heterocycles. The Morgan fingerprint density at radius 1 is 0.821 bits per heavy atom. The first kappa shape index (κ1) is 20.7. The Balaban J connectivity index is 2.02. The zero-order chi connectivity index (χ0) is 19.8. The third kappa shape index (κ3) is 4.70. The monoisotopic (exact) mass is 440 g/mol. The van der Waals surface area contributed by atoms with Crippen LogP contribution in [0.5, 0.6) is 0 Å². The lowest BCUT2D eigenvalue weighted by atomic mass is 9.75. The van der Waals surface area contributed by atoms with Crippen molar-refractivity contribution in [3.63, 3.8) is 0 Å². The predicted molar refractivity (Wildman–Crippen MR) is 115 cm³/mol. The molecule has 0 spiro atoms. The van der Waals surface area contributed by atoms with Crippen LogP contribution >= 0.6 is 15.9 Å². The molecule has 3 rings (SSSR count). The number of aliphatic hydroxyl groups is 2. The number of hydrogen-bond donors (Lipinski definition) is 2. The molecule has 28 heavy (non-hydrogen) atoms. The Morgan fingerprint density at radius 3 is 2.00 bits per heavy atom. The number of benzene rings is 3. The summed E-state index contributed by atoms with van der Waals surface area (Å²) in [6.45, 7) is 0.181. The molecular formula is C24H25BrO3. The van der Waals surface area contributed by atoms with Crippen LogP contribution in [0, 0.1) is 0 Å². The third-order valence-electron chi connectivity index (χ3n) is 5.09. The minimum atomic E-state index is -0.960. The quantitative estimate of drug-likeness (QED) is 0.490. The first-order valence-corrected chi connectivity index (χ1v) is 10.2. The Morgan fingerprint density at radius 2 is 1.43 bits per heavy atom. The van der Waals surface area contributed by atoms with Gasteiger partial charge in [-0.1, -0.05) is 88.7 Å². The van der Waals surface area contributed by atoms with E-state index in [0.717, 1.165) is 21.2 Å². The van der Waals surface area contributed by atoms with Crippen LogP contribution in [0.4, 0.5) is 0 Å². The summed E-state index contributed by atoms with van der Waals surface area (Å²) < 4.78 is 7.49. The van der Waals surface area contributed by atoms with Crippen LogP contribution in [-0.4, -0.2) is 23.4 Å². The highest BCUT2D eigenvalue weighted by Gasteiger charge is 2.42. The van der Waals surface area contributed by atoms with Crippen LogP contribution in [0.1, 0.15) is 29.0 Å². The highest BCUT2D eigenvalue weighted by atomic mass is 79.9. The zero-order valence-electron chi connectivity index (χ0n) is 15.7. The molecule has 2 atom stereocenters. The van der Waals surface area contributed by atoms with Crippen LogP contribution in [-0.2, 0) is 16.9 Å². The van der Waals surface area contributed by atoms with Crippen molar-refractivity contribution in [2.75, 3.05) is 13.2 Å². The van der Waals surface area contributed by atoms with Crippen molar-refractivity contribution in [3.05, 3.63) is 106 Å². The summed E-state index contributed by atoms with van der Waals surface area (Å²) in [6, 6.07) is 27.7. The van der Waals surface area contributed by atoms with Gasteiger partial charge in [-0.2, -0.15) is 0 Å². The summed E-state index contributed by atoms with van der Waals surface area (Å²) in [7, 11) is 0. The van der Waals surface area contributed by atoms with Crippen LogP contribution < -0.4 is 0 Å². The summed E-state index contributed by atoms with van der Waals surface area (Å²) in [6.07, 6.45) is 0.486. The first-order valence-electron chi connectivity index (χ1n) is 9.40. The summed E-state index contributed by atoms with van der Waals surface area (Å²) in [5.41, 5.74) is 1.99. The highest BCUT2D eigenvalue weighted by molar-refractivity contribution is 9.10. The molecule has 0 aliphatic carbocycles. The van der Waals surface area contributed by atoms with Crippen LogP contribution in [0.2, 0.25) is 0 Å².